The topological polar surface area (TPSA) is 135 Å². The molecular formula is C23H17N3O5. The van der Waals surface area contributed by atoms with Crippen LogP contribution in [-0.4, -0.2) is 28.7 Å². The van der Waals surface area contributed by atoms with Gasteiger partial charge in [0.15, 0.2) is 11.5 Å². The van der Waals surface area contributed by atoms with Crippen molar-refractivity contribution in [3.8, 4) is 23.6 Å². The molecule has 0 aliphatic carbocycles. The van der Waals surface area contributed by atoms with Gasteiger partial charge in [-0.3, -0.25) is 0 Å². The number of hydrogen-bond acceptors (Lipinski definition) is 6. The first-order valence-corrected chi connectivity index (χ1v) is 9.31. The molecule has 0 radical (unpaired) electrons. The Balaban J connectivity index is 2.08. The van der Waals surface area contributed by atoms with Crippen LogP contribution < -0.4 is 9.64 Å². The monoisotopic (exact) mass is 415 g/mol. The third kappa shape index (κ3) is 4.39. The molecular weight excluding hydrogens is 398 g/mol. The number of hydrogen-bond donors (Lipinski definition) is 2. The predicted octanol–water partition coefficient (Wildman–Crippen LogP) is 4.32. The lowest BCUT2D eigenvalue weighted by atomic mass is 10.1. The summed E-state index contributed by atoms with van der Waals surface area (Å²) >= 11 is 0. The van der Waals surface area contributed by atoms with Gasteiger partial charge in [0.1, 0.15) is 23.3 Å². The second kappa shape index (κ2) is 8.85. The Morgan fingerprint density at radius 2 is 1.39 bits per heavy atom. The molecule has 1 aliphatic heterocycles. The molecule has 0 bridgehead atoms. The number of benzene rings is 2. The molecule has 0 amide bonds. The molecule has 3 rings (SSSR count). The van der Waals surface area contributed by atoms with Crippen molar-refractivity contribution in [2.24, 2.45) is 0 Å². The average molecular weight is 415 g/mol. The fraction of sp³-hybridized carbons (Fsp3) is 0.130. The smallest absolute Gasteiger partial charge is 0.346 e. The van der Waals surface area contributed by atoms with Crippen LogP contribution in [0.5, 0.6) is 11.5 Å². The summed E-state index contributed by atoms with van der Waals surface area (Å²) in [5, 5.41) is 36.1. The zero-order valence-corrected chi connectivity index (χ0v) is 16.5. The van der Waals surface area contributed by atoms with Gasteiger partial charge >= 0.3 is 11.9 Å². The number of rotatable bonds is 6. The number of fused-ring (bicyclic) bond motifs is 2. The van der Waals surface area contributed by atoms with E-state index in [1.165, 1.54) is 12.2 Å². The Kier molecular flexibility index (Phi) is 6.04. The number of carboxylic acids is 2. The maximum absolute atomic E-state index is 11.1. The van der Waals surface area contributed by atoms with Gasteiger partial charge in [0, 0.05) is 6.54 Å². The molecule has 0 saturated heterocycles. The predicted molar refractivity (Wildman–Crippen MR) is 113 cm³/mol. The van der Waals surface area contributed by atoms with Crippen LogP contribution in [0, 0.1) is 22.7 Å². The standard InChI is InChI=1S/C23H17N3O5/c1-2-7-26-18-5-3-14(8-16(12-24)22(27)28)10-20(18)31-21-11-15(4-6-19(21)26)9-17(13-25)23(29)30/h3-6,8-11H,2,7H2,1H3,(H,27,28)(H,29,30)/b16-8-,17-9-. The molecule has 31 heavy (non-hydrogen) atoms. The molecule has 2 aromatic rings. The van der Waals surface area contributed by atoms with E-state index < -0.39 is 23.1 Å². The van der Waals surface area contributed by atoms with Crippen LogP contribution >= 0.6 is 0 Å². The summed E-state index contributed by atoms with van der Waals surface area (Å²) in [6.07, 6.45) is 3.37. The highest BCUT2D eigenvalue weighted by atomic mass is 16.5. The van der Waals surface area contributed by atoms with Crippen LogP contribution in [0.3, 0.4) is 0 Å². The second-order valence-corrected chi connectivity index (χ2v) is 6.66. The quantitative estimate of drug-likeness (QED) is 0.526. The summed E-state index contributed by atoms with van der Waals surface area (Å²) in [7, 11) is 0. The van der Waals surface area contributed by atoms with E-state index in [1.54, 1.807) is 48.5 Å². The Morgan fingerprint density at radius 3 is 1.74 bits per heavy atom. The van der Waals surface area contributed by atoms with E-state index in [4.69, 9.17) is 25.5 Å². The van der Waals surface area contributed by atoms with Crippen LogP contribution in [0.15, 0.2) is 47.5 Å². The molecule has 0 fully saturated rings. The molecule has 0 aromatic heterocycles. The van der Waals surface area contributed by atoms with Gasteiger partial charge in [-0.1, -0.05) is 19.1 Å². The van der Waals surface area contributed by atoms with Gasteiger partial charge in [0.2, 0.25) is 0 Å². The van der Waals surface area contributed by atoms with Crippen molar-refractivity contribution in [3.63, 3.8) is 0 Å². The van der Waals surface area contributed by atoms with Crippen molar-refractivity contribution < 1.29 is 24.5 Å². The van der Waals surface area contributed by atoms with Crippen LogP contribution in [-0.2, 0) is 9.59 Å². The van der Waals surface area contributed by atoms with Crippen molar-refractivity contribution in [1.29, 1.82) is 10.5 Å². The van der Waals surface area contributed by atoms with Gasteiger partial charge in [-0.25, -0.2) is 9.59 Å². The number of aliphatic carboxylic acids is 2. The Morgan fingerprint density at radius 1 is 0.935 bits per heavy atom. The Hall–Kier alpha value is -4.56. The van der Waals surface area contributed by atoms with E-state index in [0.717, 1.165) is 17.8 Å². The molecule has 8 nitrogen and oxygen atoms in total. The Labute approximate surface area is 178 Å². The normalized spacial score (nSPS) is 12.7. The van der Waals surface area contributed by atoms with Crippen molar-refractivity contribution >= 4 is 35.5 Å². The van der Waals surface area contributed by atoms with E-state index in [-0.39, 0.29) is 0 Å². The molecule has 0 saturated carbocycles. The van der Waals surface area contributed by atoms with Gasteiger partial charge in [-0.15, -0.1) is 0 Å². The average Bonchev–Trinajstić information content (AvgIpc) is 2.74. The van der Waals surface area contributed by atoms with Gasteiger partial charge in [0.25, 0.3) is 0 Å². The zero-order valence-electron chi connectivity index (χ0n) is 16.5. The maximum atomic E-state index is 11.1. The van der Waals surface area contributed by atoms with Crippen molar-refractivity contribution in [2.45, 2.75) is 13.3 Å². The van der Waals surface area contributed by atoms with E-state index in [1.807, 2.05) is 11.8 Å². The van der Waals surface area contributed by atoms with Gasteiger partial charge in [-0.2, -0.15) is 10.5 Å². The largest absolute Gasteiger partial charge is 0.477 e. The minimum Gasteiger partial charge on any atom is -0.477 e. The molecule has 0 unspecified atom stereocenters. The fourth-order valence-electron chi connectivity index (χ4n) is 3.18. The summed E-state index contributed by atoms with van der Waals surface area (Å²) in [6, 6.07) is 13.6. The SMILES string of the molecule is CCCN1c2ccc(/C=C(/C#N)C(=O)O)cc2Oc2cc(/C=C(/C#N)C(=O)O)ccc21. The van der Waals surface area contributed by atoms with Crippen molar-refractivity contribution in [1.82, 2.24) is 0 Å². The molecule has 0 spiro atoms. The van der Waals surface area contributed by atoms with Gasteiger partial charge in [-0.05, 0) is 54.0 Å². The number of carbonyl (C=O) groups is 2. The van der Waals surface area contributed by atoms with E-state index >= 15 is 0 Å². The fourth-order valence-corrected chi connectivity index (χ4v) is 3.18. The van der Waals surface area contributed by atoms with E-state index in [0.29, 0.717) is 29.2 Å². The molecule has 2 N–H and O–H groups in total. The molecule has 1 aliphatic rings. The third-order valence-corrected chi connectivity index (χ3v) is 4.54. The molecule has 1 heterocycles. The summed E-state index contributed by atoms with van der Waals surface area (Å²) in [5.74, 6) is -1.70. The second-order valence-electron chi connectivity index (χ2n) is 6.66. The third-order valence-electron chi connectivity index (χ3n) is 4.54. The summed E-state index contributed by atoms with van der Waals surface area (Å²) in [6.45, 7) is 2.71. The van der Waals surface area contributed by atoms with Crippen molar-refractivity contribution in [2.75, 3.05) is 11.4 Å². The highest BCUT2D eigenvalue weighted by molar-refractivity contribution is 5.97. The lowest BCUT2D eigenvalue weighted by Gasteiger charge is -2.33. The maximum Gasteiger partial charge on any atom is 0.346 e. The molecule has 8 heteroatoms. The van der Waals surface area contributed by atoms with Crippen LogP contribution in [0.25, 0.3) is 12.2 Å². The Bertz CT molecular complexity index is 1120. The summed E-state index contributed by atoms with van der Waals surface area (Å²) in [4.78, 5) is 24.3. The highest BCUT2D eigenvalue weighted by Crippen LogP contribution is 2.47. The van der Waals surface area contributed by atoms with Gasteiger partial charge in [0.05, 0.1) is 11.4 Å². The number of ether oxygens (including phenoxy) is 1. The lowest BCUT2D eigenvalue weighted by Crippen LogP contribution is -2.22. The zero-order chi connectivity index (χ0) is 22.5. The molecule has 154 valence electrons. The first kappa shape index (κ1) is 21.2. The van der Waals surface area contributed by atoms with Crippen molar-refractivity contribution in [3.05, 3.63) is 58.7 Å². The number of anilines is 2. The number of carboxylic acid groups (broad SMARTS) is 2. The van der Waals surface area contributed by atoms with E-state index in [9.17, 15) is 9.59 Å². The number of nitrogens with zero attached hydrogens (tertiary/aromatic N) is 3. The van der Waals surface area contributed by atoms with Crippen LogP contribution in [0.1, 0.15) is 24.5 Å². The first-order valence-electron chi connectivity index (χ1n) is 9.31. The highest BCUT2D eigenvalue weighted by Gasteiger charge is 2.24. The summed E-state index contributed by atoms with van der Waals surface area (Å²) < 4.78 is 6.03. The summed E-state index contributed by atoms with van der Waals surface area (Å²) in [5.41, 5.74) is 1.76. The first-order chi connectivity index (χ1) is 14.9. The molecule has 2 aromatic carbocycles. The van der Waals surface area contributed by atoms with Crippen LogP contribution in [0.2, 0.25) is 0 Å². The molecule has 0 atom stereocenters. The van der Waals surface area contributed by atoms with E-state index in [2.05, 4.69) is 0 Å². The van der Waals surface area contributed by atoms with Gasteiger partial charge < -0.3 is 19.8 Å². The number of nitriles is 2. The van der Waals surface area contributed by atoms with Crippen LogP contribution in [0.4, 0.5) is 11.4 Å². The minimum absolute atomic E-state index is 0.397. The lowest BCUT2D eigenvalue weighted by molar-refractivity contribution is -0.133. The minimum atomic E-state index is -1.32.